The molecular formula is C21H22N2O4. The lowest BCUT2D eigenvalue weighted by Gasteiger charge is -2.10. The van der Waals surface area contributed by atoms with Crippen molar-refractivity contribution in [1.29, 1.82) is 0 Å². The summed E-state index contributed by atoms with van der Waals surface area (Å²) < 4.78 is 15.8. The van der Waals surface area contributed by atoms with Crippen LogP contribution in [-0.2, 0) is 6.42 Å². The van der Waals surface area contributed by atoms with E-state index in [1.807, 2.05) is 49.4 Å². The van der Waals surface area contributed by atoms with E-state index in [0.29, 0.717) is 35.8 Å². The molecular weight excluding hydrogens is 344 g/mol. The molecule has 0 spiro atoms. The number of rotatable bonds is 7. The Bertz CT molecular complexity index is 916. The zero-order chi connectivity index (χ0) is 19.2. The quantitative estimate of drug-likeness (QED) is 0.691. The Labute approximate surface area is 158 Å². The highest BCUT2D eigenvalue weighted by molar-refractivity contribution is 5.99. The van der Waals surface area contributed by atoms with Gasteiger partial charge in [0.15, 0.2) is 17.3 Å². The SMILES string of the molecule is COc1ccc(CCNC(=O)c2cnoc2-c2ccc(C)cc2)cc1OC. The third-order valence-electron chi connectivity index (χ3n) is 4.28. The number of hydrogen-bond donors (Lipinski definition) is 1. The maximum atomic E-state index is 12.5. The molecule has 0 unspecified atom stereocenters. The van der Waals surface area contributed by atoms with Crippen molar-refractivity contribution in [3.63, 3.8) is 0 Å². The maximum Gasteiger partial charge on any atom is 0.256 e. The number of ether oxygens (including phenoxy) is 2. The van der Waals surface area contributed by atoms with Gasteiger partial charge >= 0.3 is 0 Å². The van der Waals surface area contributed by atoms with E-state index in [4.69, 9.17) is 14.0 Å². The second kappa shape index (κ2) is 8.40. The largest absolute Gasteiger partial charge is 0.493 e. The molecule has 27 heavy (non-hydrogen) atoms. The first kappa shape index (κ1) is 18.5. The molecule has 0 atom stereocenters. The normalized spacial score (nSPS) is 10.5. The molecule has 2 aromatic carbocycles. The molecule has 140 valence electrons. The lowest BCUT2D eigenvalue weighted by molar-refractivity contribution is 0.0954. The molecule has 0 aliphatic heterocycles. The molecule has 0 radical (unpaired) electrons. The zero-order valence-corrected chi connectivity index (χ0v) is 15.6. The van der Waals surface area contributed by atoms with Gasteiger partial charge in [-0.3, -0.25) is 4.79 Å². The molecule has 0 bridgehead atoms. The van der Waals surface area contributed by atoms with Crippen LogP contribution in [0.2, 0.25) is 0 Å². The fraction of sp³-hybridized carbons (Fsp3) is 0.238. The molecule has 1 aromatic heterocycles. The monoisotopic (exact) mass is 366 g/mol. The Balaban J connectivity index is 1.64. The Morgan fingerprint density at radius 3 is 2.52 bits per heavy atom. The summed E-state index contributed by atoms with van der Waals surface area (Å²) in [6.07, 6.45) is 2.11. The van der Waals surface area contributed by atoms with Crippen LogP contribution in [0.3, 0.4) is 0 Å². The number of benzene rings is 2. The number of nitrogens with one attached hydrogen (secondary N) is 1. The van der Waals surface area contributed by atoms with Crippen molar-refractivity contribution in [2.75, 3.05) is 20.8 Å². The van der Waals surface area contributed by atoms with Crippen LogP contribution < -0.4 is 14.8 Å². The summed E-state index contributed by atoms with van der Waals surface area (Å²) in [5.74, 6) is 1.60. The number of hydrogen-bond acceptors (Lipinski definition) is 5. The number of aryl methyl sites for hydroxylation is 1. The molecule has 1 heterocycles. The lowest BCUT2D eigenvalue weighted by atomic mass is 10.1. The Kier molecular flexibility index (Phi) is 5.76. The molecule has 0 aliphatic carbocycles. The van der Waals surface area contributed by atoms with Gasteiger partial charge in [0.1, 0.15) is 5.56 Å². The summed E-state index contributed by atoms with van der Waals surface area (Å²) >= 11 is 0. The van der Waals surface area contributed by atoms with E-state index in [9.17, 15) is 4.79 Å². The predicted octanol–water partition coefficient (Wildman–Crippen LogP) is 3.64. The second-order valence-electron chi connectivity index (χ2n) is 6.13. The number of nitrogens with zero attached hydrogens (tertiary/aromatic N) is 1. The van der Waals surface area contributed by atoms with Crippen LogP contribution in [0, 0.1) is 6.92 Å². The molecule has 6 nitrogen and oxygen atoms in total. The van der Waals surface area contributed by atoms with Crippen molar-refractivity contribution < 1.29 is 18.8 Å². The van der Waals surface area contributed by atoms with Gasteiger partial charge in [0.2, 0.25) is 0 Å². The minimum absolute atomic E-state index is 0.215. The van der Waals surface area contributed by atoms with Crippen molar-refractivity contribution in [1.82, 2.24) is 10.5 Å². The molecule has 3 rings (SSSR count). The lowest BCUT2D eigenvalue weighted by Crippen LogP contribution is -2.25. The average molecular weight is 366 g/mol. The highest BCUT2D eigenvalue weighted by atomic mass is 16.5. The number of methoxy groups -OCH3 is 2. The molecule has 0 saturated heterocycles. The highest BCUT2D eigenvalue weighted by Crippen LogP contribution is 2.27. The Hall–Kier alpha value is -3.28. The summed E-state index contributed by atoms with van der Waals surface area (Å²) in [4.78, 5) is 12.5. The van der Waals surface area contributed by atoms with Crippen LogP contribution in [0.1, 0.15) is 21.5 Å². The van der Waals surface area contributed by atoms with Crippen LogP contribution >= 0.6 is 0 Å². The first-order chi connectivity index (χ1) is 13.1. The average Bonchev–Trinajstić information content (AvgIpc) is 3.18. The Morgan fingerprint density at radius 1 is 1.07 bits per heavy atom. The molecule has 1 amide bonds. The van der Waals surface area contributed by atoms with Gasteiger partial charge in [-0.1, -0.05) is 41.1 Å². The second-order valence-corrected chi connectivity index (χ2v) is 6.13. The topological polar surface area (TPSA) is 73.6 Å². The number of amides is 1. The number of carbonyl (C=O) groups is 1. The van der Waals surface area contributed by atoms with Gasteiger partial charge in [0.25, 0.3) is 5.91 Å². The Morgan fingerprint density at radius 2 is 1.81 bits per heavy atom. The van der Waals surface area contributed by atoms with E-state index in [2.05, 4.69) is 10.5 Å². The van der Waals surface area contributed by atoms with E-state index < -0.39 is 0 Å². The molecule has 0 fully saturated rings. The summed E-state index contributed by atoms with van der Waals surface area (Å²) in [5.41, 5.74) is 3.42. The standard InChI is InChI=1S/C21H22N2O4/c1-14-4-7-16(8-5-14)20-17(13-23-27-20)21(24)22-11-10-15-6-9-18(25-2)19(12-15)26-3/h4-9,12-13H,10-11H2,1-3H3,(H,22,24). The summed E-state index contributed by atoms with van der Waals surface area (Å²) in [6, 6.07) is 13.5. The number of aromatic nitrogens is 1. The minimum atomic E-state index is -0.215. The van der Waals surface area contributed by atoms with Crippen molar-refractivity contribution in [3.8, 4) is 22.8 Å². The summed E-state index contributed by atoms with van der Waals surface area (Å²) in [6.45, 7) is 2.48. The minimum Gasteiger partial charge on any atom is -0.493 e. The third-order valence-corrected chi connectivity index (χ3v) is 4.28. The van der Waals surface area contributed by atoms with Crippen LogP contribution in [0.5, 0.6) is 11.5 Å². The van der Waals surface area contributed by atoms with Gasteiger partial charge in [-0.15, -0.1) is 0 Å². The van der Waals surface area contributed by atoms with Gasteiger partial charge in [-0.25, -0.2) is 0 Å². The zero-order valence-electron chi connectivity index (χ0n) is 15.6. The third kappa shape index (κ3) is 4.28. The maximum absolute atomic E-state index is 12.5. The highest BCUT2D eigenvalue weighted by Gasteiger charge is 2.17. The van der Waals surface area contributed by atoms with E-state index >= 15 is 0 Å². The molecule has 3 aromatic rings. The van der Waals surface area contributed by atoms with Gasteiger partial charge < -0.3 is 19.3 Å². The fourth-order valence-electron chi connectivity index (χ4n) is 2.77. The van der Waals surface area contributed by atoms with Gasteiger partial charge in [-0.2, -0.15) is 0 Å². The van der Waals surface area contributed by atoms with E-state index in [0.717, 1.165) is 16.7 Å². The summed E-state index contributed by atoms with van der Waals surface area (Å²) in [5, 5.41) is 6.69. The smallest absolute Gasteiger partial charge is 0.256 e. The summed E-state index contributed by atoms with van der Waals surface area (Å²) in [7, 11) is 3.20. The van der Waals surface area contributed by atoms with Gasteiger partial charge in [0, 0.05) is 12.1 Å². The first-order valence-corrected chi connectivity index (χ1v) is 8.63. The van der Waals surface area contributed by atoms with Gasteiger partial charge in [0.05, 0.1) is 20.4 Å². The van der Waals surface area contributed by atoms with Crippen molar-refractivity contribution in [2.45, 2.75) is 13.3 Å². The number of carbonyl (C=O) groups excluding carboxylic acids is 1. The van der Waals surface area contributed by atoms with E-state index in [1.165, 1.54) is 6.20 Å². The van der Waals surface area contributed by atoms with E-state index in [-0.39, 0.29) is 5.91 Å². The fourth-order valence-corrected chi connectivity index (χ4v) is 2.77. The van der Waals surface area contributed by atoms with Gasteiger partial charge in [-0.05, 0) is 31.0 Å². The van der Waals surface area contributed by atoms with Crippen LogP contribution in [-0.4, -0.2) is 31.8 Å². The molecule has 0 saturated carbocycles. The van der Waals surface area contributed by atoms with Crippen LogP contribution in [0.25, 0.3) is 11.3 Å². The molecule has 6 heteroatoms. The molecule has 1 N–H and O–H groups in total. The molecule has 0 aliphatic rings. The predicted molar refractivity (Wildman–Crippen MR) is 102 cm³/mol. The van der Waals surface area contributed by atoms with Crippen LogP contribution in [0.15, 0.2) is 53.2 Å². The van der Waals surface area contributed by atoms with Crippen molar-refractivity contribution >= 4 is 5.91 Å². The van der Waals surface area contributed by atoms with E-state index in [1.54, 1.807) is 14.2 Å². The van der Waals surface area contributed by atoms with Crippen LogP contribution in [0.4, 0.5) is 0 Å². The van der Waals surface area contributed by atoms with Crippen molar-refractivity contribution in [3.05, 3.63) is 65.4 Å². The first-order valence-electron chi connectivity index (χ1n) is 8.63. The van der Waals surface area contributed by atoms with Crippen molar-refractivity contribution in [2.24, 2.45) is 0 Å².